The molecule has 0 unspecified atom stereocenters. The van der Waals surface area contributed by atoms with Gasteiger partial charge in [0, 0.05) is 48.8 Å². The molecular weight excluding hydrogens is 673 g/mol. The van der Waals surface area contributed by atoms with Gasteiger partial charge < -0.3 is 24.2 Å². The van der Waals surface area contributed by atoms with Gasteiger partial charge in [-0.2, -0.15) is 0 Å². The van der Waals surface area contributed by atoms with Crippen LogP contribution in [0.25, 0.3) is 0 Å². The highest BCUT2D eigenvalue weighted by molar-refractivity contribution is 7.90. The fraction of sp³-hybridized carbons (Fsp3) is 0.583. The second-order valence-corrected chi connectivity index (χ2v) is 16.6. The van der Waals surface area contributed by atoms with E-state index in [0.29, 0.717) is 49.3 Å². The van der Waals surface area contributed by atoms with E-state index in [1.807, 2.05) is 17.0 Å². The Balaban J connectivity index is 1.46. The quantitative estimate of drug-likeness (QED) is 0.413. The van der Waals surface area contributed by atoms with Crippen LogP contribution in [0, 0.1) is 5.92 Å². The third-order valence-corrected chi connectivity index (χ3v) is 13.2. The molecule has 6 rings (SSSR count). The first-order chi connectivity index (χ1) is 23.4. The lowest BCUT2D eigenvalue weighted by Crippen LogP contribution is -2.68. The number of hydrogen-bond acceptors (Lipinski definition) is 9. The number of allylic oxidation sites excluding steroid dienone is 1. The Kier molecular flexibility index (Phi) is 10.7. The number of rotatable bonds is 6. The number of ether oxygens (including phenoxy) is 3. The molecule has 1 fully saturated rings. The van der Waals surface area contributed by atoms with Gasteiger partial charge in [0.1, 0.15) is 17.1 Å². The van der Waals surface area contributed by atoms with Crippen molar-refractivity contribution in [2.45, 2.75) is 68.2 Å². The highest BCUT2D eigenvalue weighted by Crippen LogP contribution is 2.46. The van der Waals surface area contributed by atoms with Crippen molar-refractivity contribution in [1.29, 1.82) is 0 Å². The van der Waals surface area contributed by atoms with E-state index >= 15 is 4.39 Å². The lowest BCUT2D eigenvalue weighted by atomic mass is 9.70. The molecule has 2 aromatic carbocycles. The number of halogens is 2. The zero-order chi connectivity index (χ0) is 35.0. The predicted octanol–water partition coefficient (Wildman–Crippen LogP) is 4.62. The smallest absolute Gasteiger partial charge is 0.264 e. The largest absolute Gasteiger partial charge is 0.490 e. The van der Waals surface area contributed by atoms with Crippen molar-refractivity contribution < 1.29 is 36.9 Å². The predicted molar refractivity (Wildman–Crippen MR) is 187 cm³/mol. The maximum Gasteiger partial charge on any atom is 0.264 e. The number of nitrogens with zero attached hydrogens (tertiary/aromatic N) is 2. The number of aliphatic hydroxyl groups is 1. The molecule has 3 heterocycles. The molecule has 2 N–H and O–H groups in total. The van der Waals surface area contributed by atoms with Gasteiger partial charge in [0.25, 0.3) is 5.91 Å². The average Bonchev–Trinajstić information content (AvgIpc) is 3.22. The zero-order valence-corrected chi connectivity index (χ0v) is 30.0. The van der Waals surface area contributed by atoms with Crippen molar-refractivity contribution >= 4 is 33.2 Å². The number of aliphatic hydroxyl groups excluding tert-OH is 1. The molecular formula is C36H47ClFN3O7S. The molecule has 1 spiro atoms. The number of nitrogens with one attached hydrogen (secondary N) is 1. The van der Waals surface area contributed by atoms with E-state index in [2.05, 4.69) is 15.7 Å². The van der Waals surface area contributed by atoms with Crippen LogP contribution in [0.15, 0.2) is 48.3 Å². The van der Waals surface area contributed by atoms with Gasteiger partial charge in [-0.15, -0.1) is 0 Å². The second kappa shape index (κ2) is 14.5. The third kappa shape index (κ3) is 6.97. The van der Waals surface area contributed by atoms with Crippen molar-refractivity contribution in [1.82, 2.24) is 9.62 Å². The van der Waals surface area contributed by atoms with Crippen LogP contribution < -0.4 is 14.4 Å². The van der Waals surface area contributed by atoms with Gasteiger partial charge in [-0.3, -0.25) is 9.69 Å². The van der Waals surface area contributed by atoms with Crippen LogP contribution >= 0.6 is 11.6 Å². The number of anilines is 1. The molecule has 2 bridgehead atoms. The summed E-state index contributed by atoms with van der Waals surface area (Å²) < 4.78 is 63.3. The highest BCUT2D eigenvalue weighted by Gasteiger charge is 2.50. The first-order valence-electron chi connectivity index (χ1n) is 17.1. The van der Waals surface area contributed by atoms with Crippen molar-refractivity contribution in [2.24, 2.45) is 5.92 Å². The van der Waals surface area contributed by atoms with Gasteiger partial charge in [0.2, 0.25) is 10.0 Å². The van der Waals surface area contributed by atoms with Gasteiger partial charge in [-0.25, -0.2) is 17.5 Å². The topological polar surface area (TPSA) is 118 Å². The molecule has 1 amide bonds. The maximum absolute atomic E-state index is 16.6. The summed E-state index contributed by atoms with van der Waals surface area (Å²) in [5.74, 6) is -1.26. The molecule has 4 aliphatic rings. The monoisotopic (exact) mass is 719 g/mol. The van der Waals surface area contributed by atoms with E-state index in [-0.39, 0.29) is 31.2 Å². The minimum absolute atomic E-state index is 0.0781. The Bertz CT molecular complexity index is 1690. The maximum atomic E-state index is 16.6. The number of fused-ring (bicyclic) bond motifs is 4. The van der Waals surface area contributed by atoms with Gasteiger partial charge in [0.15, 0.2) is 0 Å². The summed E-state index contributed by atoms with van der Waals surface area (Å²) in [6.07, 6.45) is 4.92. The fourth-order valence-electron chi connectivity index (χ4n) is 7.85. The molecule has 49 heavy (non-hydrogen) atoms. The minimum atomic E-state index is -4.12. The number of hydrogen-bond donors (Lipinski definition) is 2. The van der Waals surface area contributed by atoms with Gasteiger partial charge in [0.05, 0.1) is 44.0 Å². The van der Waals surface area contributed by atoms with Crippen LogP contribution in [-0.2, 0) is 31.3 Å². The summed E-state index contributed by atoms with van der Waals surface area (Å²) in [6, 6.07) is 10.9. The number of benzene rings is 2. The van der Waals surface area contributed by atoms with E-state index in [9.17, 15) is 18.3 Å². The molecule has 5 atom stereocenters. The highest BCUT2D eigenvalue weighted by atomic mass is 35.5. The van der Waals surface area contributed by atoms with E-state index in [1.165, 1.54) is 24.1 Å². The molecule has 10 nitrogen and oxygen atoms in total. The molecule has 3 aliphatic heterocycles. The summed E-state index contributed by atoms with van der Waals surface area (Å²) in [5.41, 5.74) is 1.34. The molecule has 1 saturated heterocycles. The van der Waals surface area contributed by atoms with Gasteiger partial charge in [-0.05, 0) is 86.4 Å². The minimum Gasteiger partial charge on any atom is -0.490 e. The van der Waals surface area contributed by atoms with E-state index in [4.69, 9.17) is 25.8 Å². The van der Waals surface area contributed by atoms with E-state index < -0.39 is 50.5 Å². The van der Waals surface area contributed by atoms with Gasteiger partial charge in [-0.1, -0.05) is 30.7 Å². The standard InChI is InChI=1S/C36H47ClFN3O7S/c1-24-6-11-33(38)36(21-42,23-47-16-15-46-3)41-14-12-29(41)19-40-20-35(13-4-5-26-17-28(37)8-9-30(26)35)22-48-32-10-7-27(18-31(32)40)34(43)39-49(44,45)25(24)2/h7-11,17-18,24-25,29,42H,4-6,12-16,19-23H2,1-3H3,(H,39,43)/b33-11-/t24-,25+,29-,35-,36+/m0/s1. The zero-order valence-electron chi connectivity index (χ0n) is 28.4. The fourth-order valence-corrected chi connectivity index (χ4v) is 9.33. The first-order valence-corrected chi connectivity index (χ1v) is 19.0. The molecule has 268 valence electrons. The SMILES string of the molecule is COCCOC[C@]1(CO)/C(F)=C/C[C@H](C)[C@@H](C)S(=O)(=O)NC(=O)c2ccc3c(c2)N(C[C@@H]2CCN21)C[C@@]1(CCCc2cc(Cl)ccc21)CO3. The number of carbonyl (C=O) groups excluding carboxylic acids is 1. The number of methoxy groups -OCH3 is 1. The normalized spacial score (nSPS) is 31.3. The molecule has 0 aromatic heterocycles. The Morgan fingerprint density at radius 2 is 2.00 bits per heavy atom. The summed E-state index contributed by atoms with van der Waals surface area (Å²) >= 11 is 6.42. The number of aryl methyl sites for hydroxylation is 1. The van der Waals surface area contributed by atoms with Crippen molar-refractivity contribution in [2.75, 3.05) is 64.7 Å². The Morgan fingerprint density at radius 3 is 2.73 bits per heavy atom. The van der Waals surface area contributed by atoms with E-state index in [0.717, 1.165) is 25.7 Å². The third-order valence-electron chi connectivity index (χ3n) is 11.1. The summed E-state index contributed by atoms with van der Waals surface area (Å²) in [5, 5.41) is 10.6. The molecule has 13 heteroatoms. The summed E-state index contributed by atoms with van der Waals surface area (Å²) in [6.45, 7) is 5.05. The molecule has 1 aliphatic carbocycles. The van der Waals surface area contributed by atoms with Crippen molar-refractivity contribution in [3.05, 3.63) is 70.0 Å². The average molecular weight is 720 g/mol. The first kappa shape index (κ1) is 36.1. The van der Waals surface area contributed by atoms with Crippen molar-refractivity contribution in [3.8, 4) is 5.75 Å². The molecule has 0 radical (unpaired) electrons. The Hall–Kier alpha value is -2.74. The summed E-state index contributed by atoms with van der Waals surface area (Å²) in [7, 11) is -2.56. The Morgan fingerprint density at radius 1 is 1.18 bits per heavy atom. The van der Waals surface area contributed by atoms with Crippen LogP contribution in [-0.4, -0.2) is 101 Å². The van der Waals surface area contributed by atoms with Crippen LogP contribution in [0.1, 0.15) is 61.0 Å². The number of carbonyl (C=O) groups is 1. The van der Waals surface area contributed by atoms with Crippen molar-refractivity contribution in [3.63, 3.8) is 0 Å². The van der Waals surface area contributed by atoms with Gasteiger partial charge >= 0.3 is 0 Å². The van der Waals surface area contributed by atoms with Crippen LogP contribution in [0.4, 0.5) is 10.1 Å². The summed E-state index contributed by atoms with van der Waals surface area (Å²) in [4.78, 5) is 17.7. The van der Waals surface area contributed by atoms with Crippen LogP contribution in [0.2, 0.25) is 5.02 Å². The number of amides is 1. The van der Waals surface area contributed by atoms with Crippen LogP contribution in [0.5, 0.6) is 5.75 Å². The molecule has 0 saturated carbocycles. The second-order valence-electron chi connectivity index (χ2n) is 14.1. The lowest BCUT2D eigenvalue weighted by Gasteiger charge is -2.54. The van der Waals surface area contributed by atoms with Crippen LogP contribution in [0.3, 0.4) is 0 Å². The Labute approximate surface area is 293 Å². The molecule has 2 aromatic rings. The lowest BCUT2D eigenvalue weighted by molar-refractivity contribution is -0.0904. The number of sulfonamides is 1. The van der Waals surface area contributed by atoms with E-state index in [1.54, 1.807) is 32.2 Å².